The van der Waals surface area contributed by atoms with Crippen molar-refractivity contribution < 1.29 is 77.3 Å². The molecule has 0 unspecified atom stereocenters. The number of hydrogen-bond acceptors (Lipinski definition) is 18. The minimum absolute atomic E-state index is 0.0526. The molecule has 34 heteroatoms. The molecular formula is C75H99N17O16S. The first-order chi connectivity index (χ1) is 51.9. The number of benzene rings is 4. The van der Waals surface area contributed by atoms with Crippen LogP contribution in [-0.4, -0.2) is 187 Å². The molecular weight excluding hydrogens is 1430 g/mol. The lowest BCUT2D eigenvalue weighted by molar-refractivity contribution is -0.137. The Labute approximate surface area is 633 Å². The number of fused-ring (bicyclic) bond motifs is 2. The van der Waals surface area contributed by atoms with Gasteiger partial charge in [-0.05, 0) is 116 Å². The highest BCUT2D eigenvalue weighted by Gasteiger charge is 2.39. The average Bonchev–Trinajstić information content (AvgIpc) is 1.72. The summed E-state index contributed by atoms with van der Waals surface area (Å²) in [7, 11) is 0. The Hall–Kier alpha value is -11.6. The van der Waals surface area contributed by atoms with E-state index in [1.807, 2.05) is 0 Å². The summed E-state index contributed by atoms with van der Waals surface area (Å²) >= 11 is 0.801. The third kappa shape index (κ3) is 25.8. The predicted molar refractivity (Wildman–Crippen MR) is 405 cm³/mol. The van der Waals surface area contributed by atoms with Gasteiger partial charge in [0, 0.05) is 72.1 Å². The van der Waals surface area contributed by atoms with Crippen LogP contribution in [0.25, 0.3) is 21.8 Å². The molecule has 7 rings (SSSR count). The standard InChI is InChI=1S/C75H99N17O16S/c1-6-40(4)64-75(108)90-59(34-62(78)96)73(106)89-58(33-45-36-81-51-16-10-8-14-49(45)51)72(105)91-60(65(79)98)37-109-38-63(97)83-55(30-42-18-22-46(93)23-19-42)69(102)84-52(17-11-12-28-76)68(101)85-53(26-27-61(77)95)67(100)82-41(5)66(99)86-56(31-43-20-24-47(94)25-21-43)70(103)88-57(32-44-35-80-50-15-9-7-13-48(44)50)71(104)87-54(29-39(2)3)74(107)92-64/h7-10,13-16,18-25,35-36,39-41,52-60,64,80-81,93-94H,6,11-12,17,26-34,37-38,76H2,1-5H3,(H2,77,95)(H2,78,96)(H2,79,98)(H,82,100)(H,83,97)(H,84,102)(H,85,101)(H,86,99)(H,87,104)(H,88,103)(H,89,106)(H,90,108)(H,91,105)(H,92,107)/t40-,41-,52-,53-,54-,55-,56-,57-,58-,59-,60-,64-/m0/s1. The van der Waals surface area contributed by atoms with Gasteiger partial charge < -0.3 is 102 Å². The van der Waals surface area contributed by atoms with E-state index in [4.69, 9.17) is 22.9 Å². The maximum absolute atomic E-state index is 15.2. The second-order valence-corrected chi connectivity index (χ2v) is 28.6. The normalized spacial score (nSPS) is 23.1. The van der Waals surface area contributed by atoms with Crippen LogP contribution >= 0.6 is 11.8 Å². The number of hydrogen-bond donors (Lipinski definition) is 19. The first-order valence-electron chi connectivity index (χ1n) is 36.0. The Kier molecular flexibility index (Phi) is 31.8. The van der Waals surface area contributed by atoms with Gasteiger partial charge in [0.25, 0.3) is 0 Å². The molecule has 0 bridgehead atoms. The number of carbonyl (C=O) groups is 14. The van der Waals surface area contributed by atoms with Crippen molar-refractivity contribution in [3.05, 3.63) is 132 Å². The maximum atomic E-state index is 15.2. The molecule has 33 nitrogen and oxygen atoms in total. The highest BCUT2D eigenvalue weighted by atomic mass is 32.2. The lowest BCUT2D eigenvalue weighted by Crippen LogP contribution is -2.62. The fourth-order valence-corrected chi connectivity index (χ4v) is 13.1. The minimum atomic E-state index is -1.82. The van der Waals surface area contributed by atoms with E-state index in [0.717, 1.165) is 11.8 Å². The molecule has 14 amide bonds. The molecule has 1 saturated heterocycles. The number of aromatic nitrogens is 2. The number of para-hydroxylation sites is 2. The number of rotatable bonds is 22. The fourth-order valence-electron chi connectivity index (χ4n) is 12.3. The summed E-state index contributed by atoms with van der Waals surface area (Å²) in [5.74, 6) is -15.7. The summed E-state index contributed by atoms with van der Waals surface area (Å²) in [6, 6.07) is 8.28. The number of carbonyl (C=O) groups excluding carboxylic acids is 14. The van der Waals surface area contributed by atoms with Crippen LogP contribution in [0, 0.1) is 11.8 Å². The summed E-state index contributed by atoms with van der Waals surface area (Å²) in [6.07, 6.45) is 1.14. The Balaban J connectivity index is 1.30. The van der Waals surface area contributed by atoms with E-state index in [0.29, 0.717) is 50.5 Å². The van der Waals surface area contributed by atoms with E-state index in [9.17, 15) is 67.7 Å². The topological polar surface area (TPSA) is 547 Å². The lowest BCUT2D eigenvalue weighted by Gasteiger charge is -2.30. The molecule has 1 aliphatic heterocycles. The first-order valence-corrected chi connectivity index (χ1v) is 37.2. The molecule has 1 aliphatic rings. The Morgan fingerprint density at radius 2 is 0.908 bits per heavy atom. The van der Waals surface area contributed by atoms with E-state index in [1.54, 1.807) is 88.6 Å². The lowest BCUT2D eigenvalue weighted by atomic mass is 9.96. The van der Waals surface area contributed by atoms with E-state index >= 15 is 9.59 Å². The number of nitrogens with one attached hydrogen (secondary N) is 13. The summed E-state index contributed by atoms with van der Waals surface area (Å²) in [5, 5.41) is 50.7. The van der Waals surface area contributed by atoms with Crippen LogP contribution in [0.15, 0.2) is 109 Å². The number of phenols is 2. The highest BCUT2D eigenvalue weighted by Crippen LogP contribution is 2.23. The van der Waals surface area contributed by atoms with Gasteiger partial charge in [-0.3, -0.25) is 67.1 Å². The third-order valence-electron chi connectivity index (χ3n) is 18.5. The van der Waals surface area contributed by atoms with E-state index in [2.05, 4.69) is 68.5 Å². The van der Waals surface area contributed by atoms with Crippen LogP contribution < -0.4 is 81.4 Å². The van der Waals surface area contributed by atoms with Gasteiger partial charge in [-0.2, -0.15) is 0 Å². The number of thioether (sulfide) groups is 1. The monoisotopic (exact) mass is 1530 g/mol. The van der Waals surface area contributed by atoms with E-state index in [1.165, 1.54) is 55.5 Å². The summed E-state index contributed by atoms with van der Waals surface area (Å²) < 4.78 is 0. The van der Waals surface area contributed by atoms with Crippen LogP contribution in [0.2, 0.25) is 0 Å². The number of aromatic hydroxyl groups is 2. The largest absolute Gasteiger partial charge is 0.508 e. The third-order valence-corrected chi connectivity index (χ3v) is 19.5. The van der Waals surface area contributed by atoms with Gasteiger partial charge in [0.05, 0.1) is 12.2 Å². The summed E-state index contributed by atoms with van der Waals surface area (Å²) in [4.78, 5) is 206. The molecule has 586 valence electrons. The molecule has 0 radical (unpaired) electrons. The van der Waals surface area contributed by atoms with E-state index < -0.39 is 180 Å². The van der Waals surface area contributed by atoms with Crippen LogP contribution in [-0.2, 0) is 92.8 Å². The molecule has 0 spiro atoms. The molecule has 6 aromatic rings. The van der Waals surface area contributed by atoms with Crippen LogP contribution in [0.3, 0.4) is 0 Å². The van der Waals surface area contributed by atoms with Crippen molar-refractivity contribution in [2.24, 2.45) is 34.8 Å². The first kappa shape index (κ1) is 84.7. The van der Waals surface area contributed by atoms with Crippen LogP contribution in [0.1, 0.15) is 108 Å². The average molecular weight is 1530 g/mol. The van der Waals surface area contributed by atoms with Crippen molar-refractivity contribution in [3.63, 3.8) is 0 Å². The Bertz CT molecular complexity index is 4230. The van der Waals surface area contributed by atoms with Gasteiger partial charge in [-0.1, -0.05) is 94.8 Å². The predicted octanol–water partition coefficient (Wildman–Crippen LogP) is -0.722. The van der Waals surface area contributed by atoms with Crippen molar-refractivity contribution >= 4 is 116 Å². The van der Waals surface area contributed by atoms with Crippen molar-refractivity contribution in [1.29, 1.82) is 0 Å². The van der Waals surface area contributed by atoms with Gasteiger partial charge in [-0.25, -0.2) is 0 Å². The Morgan fingerprint density at radius 1 is 0.477 bits per heavy atom. The van der Waals surface area contributed by atoms with Gasteiger partial charge in [-0.15, -0.1) is 11.8 Å². The summed E-state index contributed by atoms with van der Waals surface area (Å²) in [6.45, 7) is 8.30. The summed E-state index contributed by atoms with van der Waals surface area (Å²) in [5.41, 5.74) is 26.2. The van der Waals surface area contributed by atoms with Gasteiger partial charge in [0.1, 0.15) is 78.0 Å². The molecule has 2 aromatic heterocycles. The van der Waals surface area contributed by atoms with Crippen molar-refractivity contribution in [3.8, 4) is 11.5 Å². The maximum Gasteiger partial charge on any atom is 0.243 e. The fraction of sp³-hybridized carbons (Fsp3) is 0.440. The van der Waals surface area contributed by atoms with Gasteiger partial charge >= 0.3 is 0 Å². The SMILES string of the molecule is CC[C@H](C)[C@@H]1NC(=O)[C@H](CC(C)C)NC(=O)[C@H](Cc2c[nH]c3ccccc23)NC(=O)[C@H](Cc2ccc(O)cc2)NC(=O)[C@H](C)NC(=O)[C@H](CCC(N)=O)NC(=O)[C@H](CCCCN)NC(=O)[C@H](Cc2ccc(O)cc2)NC(=O)CSC[C@@H](C(N)=O)NC(=O)[C@H](Cc2c[nH]c3ccccc23)NC(=O)[C@H](CC(N)=O)NC1=O. The van der Waals surface area contributed by atoms with E-state index in [-0.39, 0.29) is 81.1 Å². The molecule has 4 aromatic carbocycles. The molecule has 109 heavy (non-hydrogen) atoms. The molecule has 23 N–H and O–H groups in total. The number of primary amides is 3. The molecule has 0 saturated carbocycles. The Morgan fingerprint density at radius 3 is 1.40 bits per heavy atom. The van der Waals surface area contributed by atoms with Crippen molar-refractivity contribution in [2.45, 2.75) is 178 Å². The molecule has 3 heterocycles. The number of unbranched alkanes of at least 4 members (excludes halogenated alkanes) is 1. The second kappa shape index (κ2) is 41.0. The highest BCUT2D eigenvalue weighted by molar-refractivity contribution is 8.00. The van der Waals surface area contributed by atoms with Crippen molar-refractivity contribution in [2.75, 3.05) is 18.1 Å². The number of phenolic OH excluding ortho intramolecular Hbond substituents is 2. The number of amides is 14. The van der Waals surface area contributed by atoms with Crippen LogP contribution in [0.4, 0.5) is 0 Å². The molecule has 0 aliphatic carbocycles. The number of H-pyrrole nitrogens is 2. The zero-order valence-electron chi connectivity index (χ0n) is 61.3. The van der Waals surface area contributed by atoms with Crippen molar-refractivity contribution in [1.82, 2.24) is 68.5 Å². The zero-order chi connectivity index (χ0) is 79.6. The quantitative estimate of drug-likeness (QED) is 0.0373. The zero-order valence-corrected chi connectivity index (χ0v) is 62.1. The molecule has 12 atom stereocenters. The number of aromatic amines is 2. The minimum Gasteiger partial charge on any atom is -0.508 e. The van der Waals surface area contributed by atoms with Gasteiger partial charge in [0.15, 0.2) is 0 Å². The molecule has 1 fully saturated rings. The number of nitrogens with two attached hydrogens (primary N) is 4. The van der Waals surface area contributed by atoms with Crippen LogP contribution in [0.5, 0.6) is 11.5 Å². The smallest absolute Gasteiger partial charge is 0.243 e. The van der Waals surface area contributed by atoms with Gasteiger partial charge in [0.2, 0.25) is 82.7 Å². The second-order valence-electron chi connectivity index (χ2n) is 27.6.